The molecule has 1 aromatic rings. The van der Waals surface area contributed by atoms with Gasteiger partial charge in [-0.1, -0.05) is 0 Å². The molecule has 0 aliphatic rings. The van der Waals surface area contributed by atoms with Gasteiger partial charge in [-0.2, -0.15) is 0 Å². The van der Waals surface area contributed by atoms with Crippen LogP contribution in [0.3, 0.4) is 0 Å². The van der Waals surface area contributed by atoms with Crippen LogP contribution in [0.25, 0.3) is 0 Å². The van der Waals surface area contributed by atoms with E-state index in [0.29, 0.717) is 0 Å². The zero-order valence-electron chi connectivity index (χ0n) is 7.02. The third-order valence-electron chi connectivity index (χ3n) is 1.32. The molecule has 1 rings (SSSR count). The smallest absolute Gasteiger partial charge is 0.360 e. The highest BCUT2D eigenvalue weighted by Crippen LogP contribution is 2.20. The summed E-state index contributed by atoms with van der Waals surface area (Å²) in [4.78, 5) is 14.6. The Morgan fingerprint density at radius 2 is 2.31 bits per heavy atom. The molecule has 0 saturated heterocycles. The van der Waals surface area contributed by atoms with Crippen molar-refractivity contribution in [1.82, 2.24) is 4.98 Å². The fourth-order valence-corrected chi connectivity index (χ4v) is 0.799. The first kappa shape index (κ1) is 9.31. The quantitative estimate of drug-likeness (QED) is 0.658. The van der Waals surface area contributed by atoms with Crippen LogP contribution in [0.4, 0.5) is 0 Å². The molecule has 70 valence electrons. The van der Waals surface area contributed by atoms with Crippen LogP contribution in [-0.4, -0.2) is 27.8 Å². The van der Waals surface area contributed by atoms with E-state index in [-0.39, 0.29) is 18.1 Å². The molecule has 5 heteroatoms. The summed E-state index contributed by atoms with van der Waals surface area (Å²) in [5.74, 6) is -1.30. The molecule has 13 heavy (non-hydrogen) atoms. The Balaban J connectivity index is 2.95. The van der Waals surface area contributed by atoms with Crippen molar-refractivity contribution in [2.75, 3.05) is 6.61 Å². The van der Waals surface area contributed by atoms with Gasteiger partial charge in [-0.3, -0.25) is 0 Å². The van der Waals surface area contributed by atoms with Crippen molar-refractivity contribution in [3.8, 4) is 11.5 Å². The summed E-state index contributed by atoms with van der Waals surface area (Å²) >= 11 is 0. The number of hydrogen-bond acceptors (Lipinski definition) is 5. The lowest BCUT2D eigenvalue weighted by molar-refractivity contribution is 0.0516. The maximum atomic E-state index is 11.1. The average molecular weight is 183 g/mol. The van der Waals surface area contributed by atoms with Crippen molar-refractivity contribution < 1.29 is 19.7 Å². The number of hydrogen-bond donors (Lipinski definition) is 2. The van der Waals surface area contributed by atoms with Crippen LogP contribution in [0.5, 0.6) is 11.5 Å². The van der Waals surface area contributed by atoms with Gasteiger partial charge in [0, 0.05) is 6.07 Å². The first-order chi connectivity index (χ1) is 6.15. The normalized spacial score (nSPS) is 9.62. The van der Waals surface area contributed by atoms with Crippen LogP contribution >= 0.6 is 0 Å². The minimum Gasteiger partial charge on any atom is -0.506 e. The van der Waals surface area contributed by atoms with Gasteiger partial charge in [0.15, 0.2) is 11.4 Å². The second kappa shape index (κ2) is 3.75. The minimum atomic E-state index is -0.708. The van der Waals surface area contributed by atoms with Gasteiger partial charge in [-0.15, -0.1) is 0 Å². The average Bonchev–Trinajstić information content (AvgIpc) is 2.04. The Hall–Kier alpha value is -1.78. The molecule has 0 bridgehead atoms. The maximum absolute atomic E-state index is 11.1. The Morgan fingerprint density at radius 3 is 2.85 bits per heavy atom. The van der Waals surface area contributed by atoms with Crippen LogP contribution in [-0.2, 0) is 4.74 Å². The van der Waals surface area contributed by atoms with E-state index < -0.39 is 11.7 Å². The molecule has 0 aliphatic carbocycles. The third-order valence-corrected chi connectivity index (χ3v) is 1.32. The van der Waals surface area contributed by atoms with Crippen LogP contribution in [0.15, 0.2) is 12.3 Å². The van der Waals surface area contributed by atoms with Gasteiger partial charge in [-0.05, 0) is 6.92 Å². The molecule has 0 amide bonds. The Morgan fingerprint density at radius 1 is 1.62 bits per heavy atom. The highest BCUT2D eigenvalue weighted by atomic mass is 16.5. The van der Waals surface area contributed by atoms with Crippen molar-refractivity contribution >= 4 is 5.97 Å². The fraction of sp³-hybridized carbons (Fsp3) is 0.250. The molecule has 0 unspecified atom stereocenters. The number of ether oxygens (including phenoxy) is 1. The first-order valence-corrected chi connectivity index (χ1v) is 3.70. The zero-order chi connectivity index (χ0) is 9.84. The molecule has 0 fully saturated rings. The molecule has 0 spiro atoms. The number of rotatable bonds is 2. The number of esters is 1. The minimum absolute atomic E-state index is 0.195. The van der Waals surface area contributed by atoms with Crippen molar-refractivity contribution in [2.24, 2.45) is 0 Å². The molecule has 0 saturated carbocycles. The van der Waals surface area contributed by atoms with Crippen molar-refractivity contribution in [2.45, 2.75) is 6.92 Å². The van der Waals surface area contributed by atoms with E-state index in [1.54, 1.807) is 6.92 Å². The molecule has 2 N–H and O–H groups in total. The highest BCUT2D eigenvalue weighted by Gasteiger charge is 2.13. The Kier molecular flexibility index (Phi) is 2.69. The first-order valence-electron chi connectivity index (χ1n) is 3.70. The van der Waals surface area contributed by atoms with E-state index in [1.807, 2.05) is 0 Å². The lowest BCUT2D eigenvalue weighted by atomic mass is 10.3. The van der Waals surface area contributed by atoms with Gasteiger partial charge in [0.2, 0.25) is 0 Å². The Bertz CT molecular complexity index is 324. The van der Waals surface area contributed by atoms with Crippen LogP contribution < -0.4 is 0 Å². The van der Waals surface area contributed by atoms with Crippen LogP contribution in [0.2, 0.25) is 0 Å². The van der Waals surface area contributed by atoms with Crippen molar-refractivity contribution in [3.63, 3.8) is 0 Å². The summed E-state index contributed by atoms with van der Waals surface area (Å²) in [5.41, 5.74) is -0.195. The predicted octanol–water partition coefficient (Wildman–Crippen LogP) is 0.669. The van der Waals surface area contributed by atoms with Gasteiger partial charge in [0.05, 0.1) is 12.8 Å². The second-order valence-electron chi connectivity index (χ2n) is 2.28. The molecule has 1 aromatic heterocycles. The lowest BCUT2D eigenvalue weighted by Gasteiger charge is -2.02. The summed E-state index contributed by atoms with van der Waals surface area (Å²) < 4.78 is 4.61. The molecule has 0 aliphatic heterocycles. The molecule has 1 heterocycles. The van der Waals surface area contributed by atoms with Crippen LogP contribution in [0, 0.1) is 0 Å². The number of nitrogens with zero attached hydrogens (tertiary/aromatic N) is 1. The number of aromatic nitrogens is 1. The Labute approximate surface area is 74.6 Å². The molecule has 5 nitrogen and oxygen atoms in total. The van der Waals surface area contributed by atoms with Crippen molar-refractivity contribution in [3.05, 3.63) is 18.0 Å². The molecule has 0 aromatic carbocycles. The number of carbonyl (C=O) groups excluding carboxylic acids is 1. The van der Waals surface area contributed by atoms with E-state index in [4.69, 9.17) is 10.2 Å². The van der Waals surface area contributed by atoms with Gasteiger partial charge >= 0.3 is 5.97 Å². The van der Waals surface area contributed by atoms with Gasteiger partial charge < -0.3 is 14.9 Å². The summed E-state index contributed by atoms with van der Waals surface area (Å²) in [6.45, 7) is 1.86. The third kappa shape index (κ3) is 2.08. The molecule has 0 atom stereocenters. The topological polar surface area (TPSA) is 79.7 Å². The SMILES string of the molecule is CCOC(=O)c1ncc(O)cc1O. The number of aromatic hydroxyl groups is 2. The van der Waals surface area contributed by atoms with Crippen LogP contribution in [0.1, 0.15) is 17.4 Å². The second-order valence-corrected chi connectivity index (χ2v) is 2.28. The van der Waals surface area contributed by atoms with Crippen molar-refractivity contribution in [1.29, 1.82) is 0 Å². The maximum Gasteiger partial charge on any atom is 0.360 e. The van der Waals surface area contributed by atoms with E-state index in [2.05, 4.69) is 9.72 Å². The van der Waals surface area contributed by atoms with E-state index in [0.717, 1.165) is 12.3 Å². The van der Waals surface area contributed by atoms with Gasteiger partial charge in [0.1, 0.15) is 5.75 Å². The fourth-order valence-electron chi connectivity index (χ4n) is 0.799. The molecule has 0 radical (unpaired) electrons. The van der Waals surface area contributed by atoms with Gasteiger partial charge in [0.25, 0.3) is 0 Å². The molecular formula is C8H9NO4. The summed E-state index contributed by atoms with van der Waals surface area (Å²) in [6, 6.07) is 1.03. The monoisotopic (exact) mass is 183 g/mol. The number of pyridine rings is 1. The summed E-state index contributed by atoms with van der Waals surface area (Å²) in [7, 11) is 0. The predicted molar refractivity (Wildman–Crippen MR) is 43.5 cm³/mol. The standard InChI is InChI=1S/C8H9NO4/c1-2-13-8(12)7-6(11)3-5(10)4-9-7/h3-4,10-11H,2H2,1H3. The van der Waals surface area contributed by atoms with E-state index >= 15 is 0 Å². The zero-order valence-corrected chi connectivity index (χ0v) is 7.02. The lowest BCUT2D eigenvalue weighted by Crippen LogP contribution is -2.06. The largest absolute Gasteiger partial charge is 0.506 e. The highest BCUT2D eigenvalue weighted by molar-refractivity contribution is 5.90. The summed E-state index contributed by atoms with van der Waals surface area (Å²) in [5, 5.41) is 18.0. The summed E-state index contributed by atoms with van der Waals surface area (Å²) in [6.07, 6.45) is 1.06. The van der Waals surface area contributed by atoms with E-state index in [1.165, 1.54) is 0 Å². The molecular weight excluding hydrogens is 174 g/mol. The number of carbonyl (C=O) groups is 1. The van der Waals surface area contributed by atoms with Gasteiger partial charge in [-0.25, -0.2) is 9.78 Å². The van der Waals surface area contributed by atoms with E-state index in [9.17, 15) is 4.79 Å².